The molecule has 16 heavy (non-hydrogen) atoms. The summed E-state index contributed by atoms with van der Waals surface area (Å²) in [5.74, 6) is 0.0150. The van der Waals surface area contributed by atoms with Crippen molar-refractivity contribution in [1.82, 2.24) is 0 Å². The Morgan fingerprint density at radius 1 is 1.31 bits per heavy atom. The lowest BCUT2D eigenvalue weighted by Crippen LogP contribution is -2.44. The molecule has 0 aromatic heterocycles. The number of rotatable bonds is 4. The van der Waals surface area contributed by atoms with Gasteiger partial charge in [0, 0.05) is 17.3 Å². The second kappa shape index (κ2) is 5.30. The number of hydrogen-bond donors (Lipinski definition) is 1. The Morgan fingerprint density at radius 3 is 2.25 bits per heavy atom. The Hall–Kier alpha value is -0.380. The molecule has 0 unspecified atom stereocenters. The van der Waals surface area contributed by atoms with Gasteiger partial charge in [-0.2, -0.15) is 0 Å². The van der Waals surface area contributed by atoms with Crippen molar-refractivity contribution in [3.63, 3.8) is 0 Å². The third kappa shape index (κ3) is 3.30. The maximum Gasteiger partial charge on any atom is 0.162 e. The van der Waals surface area contributed by atoms with Crippen LogP contribution in [0.4, 0.5) is 0 Å². The second-order valence-corrected chi connectivity index (χ2v) is 5.60. The highest BCUT2D eigenvalue weighted by Gasteiger charge is 2.35. The molecule has 3 heteroatoms. The first-order chi connectivity index (χ1) is 7.37. The quantitative estimate of drug-likeness (QED) is 0.750. The van der Waals surface area contributed by atoms with Crippen LogP contribution >= 0.6 is 0 Å². The monoisotopic (exact) mass is 228 g/mol. The van der Waals surface area contributed by atoms with Crippen LogP contribution in [-0.4, -0.2) is 30.7 Å². The van der Waals surface area contributed by atoms with E-state index in [1.54, 1.807) is 6.08 Å². The van der Waals surface area contributed by atoms with Gasteiger partial charge in [-0.05, 0) is 0 Å². The highest BCUT2D eigenvalue weighted by atomic mass is 16.7. The number of aliphatic hydroxyl groups is 1. The first-order valence-corrected chi connectivity index (χ1v) is 5.91. The molecular formula is C13H24O3. The van der Waals surface area contributed by atoms with Gasteiger partial charge in [0.2, 0.25) is 0 Å². The summed E-state index contributed by atoms with van der Waals surface area (Å²) in [5.41, 5.74) is 0.0746. The first-order valence-electron chi connectivity index (χ1n) is 5.91. The molecule has 0 saturated carbocycles. The van der Waals surface area contributed by atoms with Crippen molar-refractivity contribution in [3.05, 3.63) is 12.7 Å². The van der Waals surface area contributed by atoms with Gasteiger partial charge in [-0.1, -0.05) is 33.8 Å². The summed E-state index contributed by atoms with van der Waals surface area (Å²) in [6.07, 6.45) is 0.989. The normalized spacial score (nSPS) is 27.1. The number of aliphatic hydroxyl groups excluding tert-OH is 1. The molecule has 1 fully saturated rings. The molecule has 1 aliphatic heterocycles. The van der Waals surface area contributed by atoms with Crippen molar-refractivity contribution >= 4 is 0 Å². The van der Waals surface area contributed by atoms with Gasteiger partial charge in [-0.3, -0.25) is 0 Å². The van der Waals surface area contributed by atoms with E-state index in [-0.39, 0.29) is 23.5 Å². The van der Waals surface area contributed by atoms with Crippen LogP contribution in [0.1, 0.15) is 27.7 Å². The van der Waals surface area contributed by atoms with Crippen molar-refractivity contribution in [2.75, 3.05) is 13.2 Å². The summed E-state index contributed by atoms with van der Waals surface area (Å²) in [6.45, 7) is 13.2. The Balaban J connectivity index is 2.50. The Bertz CT molecular complexity index is 227. The zero-order valence-corrected chi connectivity index (χ0v) is 10.8. The maximum absolute atomic E-state index is 10.0. The summed E-state index contributed by atoms with van der Waals surface area (Å²) in [7, 11) is 0. The molecule has 0 radical (unpaired) electrons. The molecule has 0 bridgehead atoms. The van der Waals surface area contributed by atoms with Crippen LogP contribution in [0.2, 0.25) is 0 Å². The first kappa shape index (κ1) is 13.7. The van der Waals surface area contributed by atoms with E-state index in [0.717, 1.165) is 0 Å². The zero-order chi connectivity index (χ0) is 12.3. The van der Waals surface area contributed by atoms with Crippen molar-refractivity contribution in [1.29, 1.82) is 0 Å². The third-order valence-electron chi connectivity index (χ3n) is 3.16. The third-order valence-corrected chi connectivity index (χ3v) is 3.16. The lowest BCUT2D eigenvalue weighted by atomic mass is 9.91. The van der Waals surface area contributed by atoms with Crippen molar-refractivity contribution < 1.29 is 14.6 Å². The molecule has 3 atom stereocenters. The molecule has 1 aliphatic rings. The van der Waals surface area contributed by atoms with Crippen molar-refractivity contribution in [2.24, 2.45) is 17.3 Å². The summed E-state index contributed by atoms with van der Waals surface area (Å²) in [5, 5.41) is 10.0. The second-order valence-electron chi connectivity index (χ2n) is 5.60. The number of ether oxygens (including phenoxy) is 2. The minimum Gasteiger partial charge on any atom is -0.392 e. The molecule has 3 nitrogen and oxygen atoms in total. The zero-order valence-electron chi connectivity index (χ0n) is 10.8. The predicted octanol–water partition coefficient (Wildman–Crippen LogP) is 2.20. The fraction of sp³-hybridized carbons (Fsp3) is 0.846. The van der Waals surface area contributed by atoms with Gasteiger partial charge < -0.3 is 14.6 Å². The van der Waals surface area contributed by atoms with Crippen LogP contribution in [0.3, 0.4) is 0 Å². The summed E-state index contributed by atoms with van der Waals surface area (Å²) >= 11 is 0. The van der Waals surface area contributed by atoms with E-state index in [4.69, 9.17) is 9.47 Å². The highest BCUT2D eigenvalue weighted by molar-refractivity contribution is 4.86. The van der Waals surface area contributed by atoms with Gasteiger partial charge in [0.1, 0.15) is 0 Å². The Morgan fingerprint density at radius 2 is 1.81 bits per heavy atom. The van der Waals surface area contributed by atoms with E-state index in [9.17, 15) is 5.11 Å². The van der Waals surface area contributed by atoms with E-state index in [1.165, 1.54) is 0 Å². The van der Waals surface area contributed by atoms with Gasteiger partial charge in [0.05, 0.1) is 19.3 Å². The van der Waals surface area contributed by atoms with E-state index in [2.05, 4.69) is 20.4 Å². The molecule has 0 aromatic carbocycles. The van der Waals surface area contributed by atoms with Crippen LogP contribution < -0.4 is 0 Å². The lowest BCUT2D eigenvalue weighted by Gasteiger charge is -2.39. The van der Waals surface area contributed by atoms with Gasteiger partial charge >= 0.3 is 0 Å². The van der Waals surface area contributed by atoms with Crippen LogP contribution in [0.5, 0.6) is 0 Å². The standard InChI is InChI=1S/C13H24O3/c1-6-9(2)11(14)10(3)12-15-7-13(4,5)8-16-12/h6,9-12,14H,1,7-8H2,2-5H3/t9-,10+,11+/m1/s1. The molecule has 1 rings (SSSR count). The lowest BCUT2D eigenvalue weighted by molar-refractivity contribution is -0.253. The van der Waals surface area contributed by atoms with Gasteiger partial charge in [0.15, 0.2) is 6.29 Å². The predicted molar refractivity (Wildman–Crippen MR) is 64.0 cm³/mol. The smallest absolute Gasteiger partial charge is 0.162 e. The van der Waals surface area contributed by atoms with E-state index < -0.39 is 6.10 Å². The summed E-state index contributed by atoms with van der Waals surface area (Å²) in [4.78, 5) is 0. The fourth-order valence-corrected chi connectivity index (χ4v) is 1.79. The molecule has 1 heterocycles. The van der Waals surface area contributed by atoms with Crippen LogP contribution in [0, 0.1) is 17.3 Å². The number of hydrogen-bond acceptors (Lipinski definition) is 3. The fourth-order valence-electron chi connectivity index (χ4n) is 1.79. The SMILES string of the molecule is C=C[C@@H](C)[C@H](O)[C@H](C)C1OCC(C)(C)CO1. The highest BCUT2D eigenvalue weighted by Crippen LogP contribution is 2.28. The van der Waals surface area contributed by atoms with Gasteiger partial charge in [-0.25, -0.2) is 0 Å². The summed E-state index contributed by atoms with van der Waals surface area (Å²) in [6, 6.07) is 0. The van der Waals surface area contributed by atoms with Crippen LogP contribution in [0.25, 0.3) is 0 Å². The van der Waals surface area contributed by atoms with E-state index >= 15 is 0 Å². The molecule has 0 aliphatic carbocycles. The molecule has 94 valence electrons. The topological polar surface area (TPSA) is 38.7 Å². The minimum atomic E-state index is -0.469. The van der Waals surface area contributed by atoms with Crippen molar-refractivity contribution in [3.8, 4) is 0 Å². The average Bonchev–Trinajstić information content (AvgIpc) is 2.26. The van der Waals surface area contributed by atoms with Gasteiger partial charge in [-0.15, -0.1) is 6.58 Å². The largest absolute Gasteiger partial charge is 0.392 e. The summed E-state index contributed by atoms with van der Waals surface area (Å²) < 4.78 is 11.3. The van der Waals surface area contributed by atoms with E-state index in [1.807, 2.05) is 13.8 Å². The molecular weight excluding hydrogens is 204 g/mol. The molecule has 0 aromatic rings. The van der Waals surface area contributed by atoms with Gasteiger partial charge in [0.25, 0.3) is 0 Å². The average molecular weight is 228 g/mol. The Labute approximate surface area is 98.4 Å². The Kier molecular flexibility index (Phi) is 4.53. The minimum absolute atomic E-state index is 0.0379. The molecule has 1 N–H and O–H groups in total. The molecule has 1 saturated heterocycles. The van der Waals surface area contributed by atoms with Crippen LogP contribution in [-0.2, 0) is 9.47 Å². The van der Waals surface area contributed by atoms with Crippen LogP contribution in [0.15, 0.2) is 12.7 Å². The molecule has 0 spiro atoms. The van der Waals surface area contributed by atoms with E-state index in [0.29, 0.717) is 13.2 Å². The van der Waals surface area contributed by atoms with Crippen molar-refractivity contribution in [2.45, 2.75) is 40.1 Å². The maximum atomic E-state index is 10.0. The molecule has 0 amide bonds.